The molecule has 102 valence electrons. The minimum Gasteiger partial charge on any atom is -0.313 e. The van der Waals surface area contributed by atoms with Gasteiger partial charge in [0.2, 0.25) is 0 Å². The molecule has 0 amide bonds. The van der Waals surface area contributed by atoms with Crippen molar-refractivity contribution in [2.75, 3.05) is 7.05 Å². The van der Waals surface area contributed by atoms with Crippen molar-refractivity contribution in [3.8, 4) is 0 Å². The fraction of sp³-hybridized carbons (Fsp3) is 0.444. The predicted molar refractivity (Wildman–Crippen MR) is 84.6 cm³/mol. The molecule has 1 N–H and O–H groups in total. The first-order chi connectivity index (χ1) is 9.22. The van der Waals surface area contributed by atoms with Gasteiger partial charge in [-0.25, -0.2) is 0 Å². The van der Waals surface area contributed by atoms with Crippen LogP contribution in [0.5, 0.6) is 0 Å². The highest BCUT2D eigenvalue weighted by molar-refractivity contribution is 5.88. The highest BCUT2D eigenvalue weighted by Gasteiger charge is 2.20. The van der Waals surface area contributed by atoms with Crippen molar-refractivity contribution in [2.24, 2.45) is 5.92 Å². The van der Waals surface area contributed by atoms with Crippen LogP contribution in [-0.4, -0.2) is 7.05 Å². The van der Waals surface area contributed by atoms with Gasteiger partial charge in [0.1, 0.15) is 0 Å². The van der Waals surface area contributed by atoms with Crippen LogP contribution < -0.4 is 5.32 Å². The number of rotatable bonds is 5. The molecule has 2 rings (SSSR count). The van der Waals surface area contributed by atoms with Gasteiger partial charge in [-0.2, -0.15) is 0 Å². The molecule has 2 aromatic carbocycles. The lowest BCUT2D eigenvalue weighted by Gasteiger charge is -2.27. The van der Waals surface area contributed by atoms with E-state index in [1.807, 2.05) is 0 Å². The van der Waals surface area contributed by atoms with E-state index >= 15 is 0 Å². The largest absolute Gasteiger partial charge is 0.313 e. The maximum atomic E-state index is 3.53. The van der Waals surface area contributed by atoms with E-state index in [0.717, 1.165) is 0 Å². The van der Waals surface area contributed by atoms with E-state index in [-0.39, 0.29) is 0 Å². The second-order valence-corrected chi connectivity index (χ2v) is 5.36. The molecule has 0 radical (unpaired) electrons. The number of nitrogens with one attached hydrogen (secondary N) is 1. The first kappa shape index (κ1) is 14.1. The Balaban J connectivity index is 2.57. The molecule has 1 heteroatoms. The van der Waals surface area contributed by atoms with Gasteiger partial charge in [-0.15, -0.1) is 0 Å². The lowest BCUT2D eigenvalue weighted by molar-refractivity contribution is 0.361. The van der Waals surface area contributed by atoms with E-state index in [4.69, 9.17) is 0 Å². The third-order valence-electron chi connectivity index (χ3n) is 4.34. The first-order valence-electron chi connectivity index (χ1n) is 7.38. The Morgan fingerprint density at radius 3 is 2.16 bits per heavy atom. The topological polar surface area (TPSA) is 12.0 Å². The molecule has 0 bridgehead atoms. The molecule has 0 aliphatic heterocycles. The van der Waals surface area contributed by atoms with Crippen molar-refractivity contribution in [1.29, 1.82) is 0 Å². The summed E-state index contributed by atoms with van der Waals surface area (Å²) in [5.41, 5.74) is 2.80. The maximum Gasteiger partial charge on any atom is 0.0352 e. The molecule has 0 saturated heterocycles. The summed E-state index contributed by atoms with van der Waals surface area (Å²) < 4.78 is 0. The molecule has 0 aromatic heterocycles. The van der Waals surface area contributed by atoms with Gasteiger partial charge in [0, 0.05) is 6.04 Å². The summed E-state index contributed by atoms with van der Waals surface area (Å²) >= 11 is 0. The van der Waals surface area contributed by atoms with Crippen molar-refractivity contribution in [3.05, 3.63) is 47.5 Å². The Morgan fingerprint density at radius 1 is 0.947 bits per heavy atom. The molecule has 0 saturated carbocycles. The Morgan fingerprint density at radius 2 is 1.58 bits per heavy atom. The van der Waals surface area contributed by atoms with Crippen LogP contribution in [0, 0.1) is 12.8 Å². The summed E-state index contributed by atoms with van der Waals surface area (Å²) in [5.74, 6) is 0.691. The first-order valence-corrected chi connectivity index (χ1v) is 7.38. The van der Waals surface area contributed by atoms with Gasteiger partial charge < -0.3 is 5.32 Å². The van der Waals surface area contributed by atoms with Gasteiger partial charge in [0.05, 0.1) is 0 Å². The second kappa shape index (κ2) is 6.21. The van der Waals surface area contributed by atoms with Crippen LogP contribution in [0.25, 0.3) is 10.8 Å². The molecule has 1 unspecified atom stereocenters. The Bertz CT molecular complexity index is 540. The number of hydrogen-bond donors (Lipinski definition) is 1. The Kier molecular flexibility index (Phi) is 4.60. The van der Waals surface area contributed by atoms with Gasteiger partial charge in [0.25, 0.3) is 0 Å². The summed E-state index contributed by atoms with van der Waals surface area (Å²) in [5, 5.41) is 6.31. The molecule has 1 atom stereocenters. The molecule has 0 spiro atoms. The molecule has 0 heterocycles. The van der Waals surface area contributed by atoms with Crippen LogP contribution in [0.15, 0.2) is 36.4 Å². The summed E-state index contributed by atoms with van der Waals surface area (Å²) in [6, 6.07) is 13.8. The zero-order valence-electron chi connectivity index (χ0n) is 12.5. The molecule has 0 aliphatic rings. The average Bonchev–Trinajstić information content (AvgIpc) is 2.46. The van der Waals surface area contributed by atoms with Gasteiger partial charge in [-0.3, -0.25) is 0 Å². The zero-order valence-corrected chi connectivity index (χ0v) is 12.5. The number of aryl methyl sites for hydroxylation is 1. The van der Waals surface area contributed by atoms with Crippen LogP contribution in [0.3, 0.4) is 0 Å². The van der Waals surface area contributed by atoms with Crippen LogP contribution in [-0.2, 0) is 0 Å². The zero-order chi connectivity index (χ0) is 13.8. The van der Waals surface area contributed by atoms with E-state index in [1.54, 1.807) is 0 Å². The fourth-order valence-electron chi connectivity index (χ4n) is 3.15. The highest BCUT2D eigenvalue weighted by Crippen LogP contribution is 2.33. The summed E-state index contributed by atoms with van der Waals surface area (Å²) in [6.07, 6.45) is 2.43. The summed E-state index contributed by atoms with van der Waals surface area (Å²) in [6.45, 7) is 6.77. The minimum absolute atomic E-state index is 0.445. The number of benzene rings is 2. The Labute approximate surface area is 117 Å². The molecule has 1 nitrogen and oxygen atoms in total. The lowest BCUT2D eigenvalue weighted by Crippen LogP contribution is -2.24. The van der Waals surface area contributed by atoms with Crippen molar-refractivity contribution < 1.29 is 0 Å². The molecular weight excluding hydrogens is 230 g/mol. The average molecular weight is 255 g/mol. The van der Waals surface area contributed by atoms with E-state index in [1.165, 1.54) is 34.7 Å². The SMILES string of the molecule is CCC(CC)C(NC)c1ccc(C)c2ccccc12. The van der Waals surface area contributed by atoms with E-state index in [0.29, 0.717) is 12.0 Å². The van der Waals surface area contributed by atoms with Crippen LogP contribution >= 0.6 is 0 Å². The van der Waals surface area contributed by atoms with Crippen LogP contribution in [0.1, 0.15) is 43.9 Å². The molecule has 0 aliphatic carbocycles. The normalized spacial score (nSPS) is 13.1. The number of hydrogen-bond acceptors (Lipinski definition) is 1. The standard InChI is InChI=1S/C18H25N/c1-5-14(6-2)18(19-4)17-12-11-13(3)15-9-7-8-10-16(15)17/h7-12,14,18-19H,5-6H2,1-4H3. The van der Waals surface area contributed by atoms with Gasteiger partial charge >= 0.3 is 0 Å². The van der Waals surface area contributed by atoms with Crippen molar-refractivity contribution in [1.82, 2.24) is 5.32 Å². The maximum absolute atomic E-state index is 3.53. The van der Waals surface area contributed by atoms with E-state index in [2.05, 4.69) is 69.5 Å². The predicted octanol–water partition coefficient (Wildman–Crippen LogP) is 4.84. The molecule has 2 aromatic rings. The monoisotopic (exact) mass is 255 g/mol. The highest BCUT2D eigenvalue weighted by atomic mass is 14.9. The number of fused-ring (bicyclic) bond motifs is 1. The van der Waals surface area contributed by atoms with E-state index in [9.17, 15) is 0 Å². The molecule has 19 heavy (non-hydrogen) atoms. The fourth-order valence-corrected chi connectivity index (χ4v) is 3.15. The second-order valence-electron chi connectivity index (χ2n) is 5.36. The lowest BCUT2D eigenvalue weighted by atomic mass is 9.85. The van der Waals surface area contributed by atoms with Crippen molar-refractivity contribution in [3.63, 3.8) is 0 Å². The Hall–Kier alpha value is -1.34. The molecular formula is C18H25N. The summed E-state index contributed by atoms with van der Waals surface area (Å²) in [7, 11) is 2.08. The minimum atomic E-state index is 0.445. The quantitative estimate of drug-likeness (QED) is 0.805. The van der Waals surface area contributed by atoms with Crippen LogP contribution in [0.4, 0.5) is 0 Å². The van der Waals surface area contributed by atoms with Gasteiger partial charge in [0.15, 0.2) is 0 Å². The smallest absolute Gasteiger partial charge is 0.0352 e. The third kappa shape index (κ3) is 2.66. The summed E-state index contributed by atoms with van der Waals surface area (Å²) in [4.78, 5) is 0. The van der Waals surface area contributed by atoms with Crippen LogP contribution in [0.2, 0.25) is 0 Å². The van der Waals surface area contributed by atoms with Gasteiger partial charge in [-0.1, -0.05) is 63.1 Å². The van der Waals surface area contributed by atoms with Gasteiger partial charge in [-0.05, 0) is 41.8 Å². The molecule has 0 fully saturated rings. The van der Waals surface area contributed by atoms with E-state index < -0.39 is 0 Å². The third-order valence-corrected chi connectivity index (χ3v) is 4.34. The van der Waals surface area contributed by atoms with Crippen molar-refractivity contribution >= 4 is 10.8 Å². The van der Waals surface area contributed by atoms with Crippen molar-refractivity contribution in [2.45, 2.75) is 39.7 Å².